The second kappa shape index (κ2) is 8.34. The SMILES string of the molecule is Cc1[nH]c(-c2cc(-c3cncc([S+](C)[O-])c3)ccn2)nc1C(=O)NC1CCCC1. The average Bonchev–Trinajstić information content (AvgIpc) is 3.37. The quantitative estimate of drug-likeness (QED) is 0.629. The van der Waals surface area contributed by atoms with Gasteiger partial charge < -0.3 is 14.9 Å². The second-order valence-corrected chi connectivity index (χ2v) is 8.69. The topological polar surface area (TPSA) is 107 Å². The van der Waals surface area contributed by atoms with Crippen LogP contribution in [0.1, 0.15) is 41.9 Å². The van der Waals surface area contributed by atoms with E-state index in [9.17, 15) is 9.35 Å². The summed E-state index contributed by atoms with van der Waals surface area (Å²) in [7, 11) is 0. The fourth-order valence-corrected chi connectivity index (χ4v) is 4.10. The lowest BCUT2D eigenvalue weighted by Crippen LogP contribution is -2.33. The molecule has 1 unspecified atom stereocenters. The predicted molar refractivity (Wildman–Crippen MR) is 112 cm³/mol. The van der Waals surface area contributed by atoms with Crippen molar-refractivity contribution < 1.29 is 9.35 Å². The number of hydrogen-bond donors (Lipinski definition) is 2. The zero-order valence-electron chi connectivity index (χ0n) is 16.4. The third kappa shape index (κ3) is 4.33. The van der Waals surface area contributed by atoms with E-state index in [1.807, 2.05) is 25.1 Å². The maximum Gasteiger partial charge on any atom is 0.271 e. The van der Waals surface area contributed by atoms with E-state index >= 15 is 0 Å². The Bertz CT molecular complexity index is 1030. The van der Waals surface area contributed by atoms with Gasteiger partial charge in [0.2, 0.25) is 0 Å². The monoisotopic (exact) mass is 409 g/mol. The van der Waals surface area contributed by atoms with Crippen molar-refractivity contribution in [3.05, 3.63) is 48.2 Å². The number of rotatable bonds is 5. The summed E-state index contributed by atoms with van der Waals surface area (Å²) in [5.41, 5.74) is 3.50. The summed E-state index contributed by atoms with van der Waals surface area (Å²) in [5.74, 6) is 0.402. The molecule has 0 aliphatic heterocycles. The molecule has 1 amide bonds. The van der Waals surface area contributed by atoms with Crippen LogP contribution in [0.25, 0.3) is 22.6 Å². The molecule has 3 heterocycles. The number of carbonyl (C=O) groups is 1. The van der Waals surface area contributed by atoms with Gasteiger partial charge >= 0.3 is 0 Å². The Balaban J connectivity index is 1.60. The van der Waals surface area contributed by atoms with Crippen molar-refractivity contribution in [1.29, 1.82) is 0 Å². The minimum atomic E-state index is -1.10. The molecule has 1 aliphatic rings. The van der Waals surface area contributed by atoms with Crippen molar-refractivity contribution >= 4 is 17.1 Å². The fourth-order valence-electron chi connectivity index (χ4n) is 3.60. The van der Waals surface area contributed by atoms with Crippen molar-refractivity contribution in [2.24, 2.45) is 0 Å². The van der Waals surface area contributed by atoms with Gasteiger partial charge in [-0.05, 0) is 48.6 Å². The molecule has 1 saturated carbocycles. The number of pyridine rings is 2. The van der Waals surface area contributed by atoms with Crippen molar-refractivity contribution in [2.45, 2.75) is 43.5 Å². The van der Waals surface area contributed by atoms with Gasteiger partial charge in [0.15, 0.2) is 10.7 Å². The van der Waals surface area contributed by atoms with E-state index in [4.69, 9.17) is 0 Å². The molecular formula is C21H23N5O2S. The van der Waals surface area contributed by atoms with E-state index < -0.39 is 11.2 Å². The highest BCUT2D eigenvalue weighted by Gasteiger charge is 2.22. The summed E-state index contributed by atoms with van der Waals surface area (Å²) in [6, 6.07) is 5.85. The number of aryl methyl sites for hydroxylation is 1. The first-order valence-electron chi connectivity index (χ1n) is 9.64. The van der Waals surface area contributed by atoms with Crippen LogP contribution in [-0.4, -0.2) is 42.7 Å². The van der Waals surface area contributed by atoms with Gasteiger partial charge in [-0.1, -0.05) is 12.8 Å². The summed E-state index contributed by atoms with van der Waals surface area (Å²) < 4.78 is 11.8. The van der Waals surface area contributed by atoms with Crippen LogP contribution >= 0.6 is 0 Å². The van der Waals surface area contributed by atoms with Gasteiger partial charge in [-0.3, -0.25) is 14.8 Å². The molecule has 1 atom stereocenters. The van der Waals surface area contributed by atoms with Crippen LogP contribution in [0.5, 0.6) is 0 Å². The molecule has 4 rings (SSSR count). The highest BCUT2D eigenvalue weighted by molar-refractivity contribution is 7.90. The number of aromatic nitrogens is 4. The van der Waals surface area contributed by atoms with Crippen LogP contribution in [0, 0.1) is 6.92 Å². The van der Waals surface area contributed by atoms with Gasteiger partial charge in [-0.15, -0.1) is 0 Å². The van der Waals surface area contributed by atoms with E-state index in [0.717, 1.165) is 36.8 Å². The third-order valence-electron chi connectivity index (χ3n) is 5.17. The van der Waals surface area contributed by atoms with Crippen molar-refractivity contribution in [3.63, 3.8) is 0 Å². The van der Waals surface area contributed by atoms with Crippen molar-refractivity contribution in [1.82, 2.24) is 25.3 Å². The predicted octanol–water partition coefficient (Wildman–Crippen LogP) is 3.25. The first-order chi connectivity index (χ1) is 14.0. The molecule has 8 heteroatoms. The molecule has 0 aromatic carbocycles. The molecule has 29 heavy (non-hydrogen) atoms. The van der Waals surface area contributed by atoms with Crippen molar-refractivity contribution in [2.75, 3.05) is 6.26 Å². The van der Waals surface area contributed by atoms with Gasteiger partial charge in [0, 0.05) is 35.8 Å². The summed E-state index contributed by atoms with van der Waals surface area (Å²) in [4.78, 5) is 29.5. The fraction of sp³-hybridized carbons (Fsp3) is 0.333. The second-order valence-electron chi connectivity index (χ2n) is 7.31. The van der Waals surface area contributed by atoms with Crippen LogP contribution < -0.4 is 5.32 Å². The largest absolute Gasteiger partial charge is 0.612 e. The smallest absolute Gasteiger partial charge is 0.271 e. The van der Waals surface area contributed by atoms with E-state index in [0.29, 0.717) is 27.8 Å². The number of carbonyl (C=O) groups excluding carboxylic acids is 1. The number of aromatic amines is 1. The van der Waals surface area contributed by atoms with Gasteiger partial charge in [-0.25, -0.2) is 4.98 Å². The van der Waals surface area contributed by atoms with Gasteiger partial charge in [-0.2, -0.15) is 0 Å². The maximum absolute atomic E-state index is 12.6. The van der Waals surface area contributed by atoms with Gasteiger partial charge in [0.25, 0.3) is 5.91 Å². The minimum absolute atomic E-state index is 0.143. The molecule has 7 nitrogen and oxygen atoms in total. The zero-order chi connectivity index (χ0) is 20.4. The Morgan fingerprint density at radius 3 is 2.79 bits per heavy atom. The Morgan fingerprint density at radius 1 is 1.24 bits per heavy atom. The van der Waals surface area contributed by atoms with Crippen LogP contribution in [0.4, 0.5) is 0 Å². The molecule has 150 valence electrons. The summed E-state index contributed by atoms with van der Waals surface area (Å²) >= 11 is -1.10. The molecule has 1 fully saturated rings. The average molecular weight is 410 g/mol. The molecule has 1 aliphatic carbocycles. The minimum Gasteiger partial charge on any atom is -0.612 e. The van der Waals surface area contributed by atoms with E-state index in [2.05, 4.69) is 25.3 Å². The number of H-pyrrole nitrogens is 1. The highest BCUT2D eigenvalue weighted by Crippen LogP contribution is 2.25. The van der Waals surface area contributed by atoms with Crippen molar-refractivity contribution in [3.8, 4) is 22.6 Å². The standard InChI is InChI=1S/C21H23N5O2S/c1-13-19(21(27)25-16-5-3-4-6-16)26-20(24-13)18-10-14(7-8-23-18)15-9-17(29(2)28)12-22-11-15/h7-12,16H,3-6H2,1-2H3,(H,24,26)(H,25,27). The van der Waals surface area contributed by atoms with Crippen LogP contribution in [0.3, 0.4) is 0 Å². The first-order valence-corrected chi connectivity index (χ1v) is 11.2. The molecule has 0 spiro atoms. The highest BCUT2D eigenvalue weighted by atomic mass is 32.2. The molecule has 2 N–H and O–H groups in total. The summed E-state index contributed by atoms with van der Waals surface area (Å²) in [6.45, 7) is 1.84. The van der Waals surface area contributed by atoms with E-state index in [1.54, 1.807) is 24.8 Å². The number of hydrogen-bond acceptors (Lipinski definition) is 5. The Morgan fingerprint density at radius 2 is 2.03 bits per heavy atom. The Labute approximate surface area is 172 Å². The Kier molecular flexibility index (Phi) is 5.64. The zero-order valence-corrected chi connectivity index (χ0v) is 17.3. The number of amides is 1. The molecule has 0 bridgehead atoms. The van der Waals surface area contributed by atoms with Gasteiger partial charge in [0.05, 0.1) is 6.20 Å². The molecule has 3 aromatic rings. The van der Waals surface area contributed by atoms with E-state index in [1.165, 1.54) is 0 Å². The number of nitrogens with one attached hydrogen (secondary N) is 2. The molecular weight excluding hydrogens is 386 g/mol. The van der Waals surface area contributed by atoms with Crippen LogP contribution in [0.2, 0.25) is 0 Å². The Hall–Kier alpha value is -2.71. The molecule has 0 saturated heterocycles. The molecule has 0 radical (unpaired) electrons. The number of imidazole rings is 1. The molecule has 3 aromatic heterocycles. The summed E-state index contributed by atoms with van der Waals surface area (Å²) in [5, 5.41) is 3.08. The van der Waals surface area contributed by atoms with E-state index in [-0.39, 0.29) is 11.9 Å². The summed E-state index contributed by atoms with van der Waals surface area (Å²) in [6.07, 6.45) is 11.0. The lowest BCUT2D eigenvalue weighted by molar-refractivity contribution is 0.0932. The van der Waals surface area contributed by atoms with Gasteiger partial charge in [0.1, 0.15) is 17.6 Å². The number of nitrogens with zero attached hydrogens (tertiary/aromatic N) is 3. The lowest BCUT2D eigenvalue weighted by atomic mass is 10.1. The maximum atomic E-state index is 12.6. The third-order valence-corrected chi connectivity index (χ3v) is 6.06. The van der Waals surface area contributed by atoms with Crippen LogP contribution in [0.15, 0.2) is 41.7 Å². The first kappa shape index (κ1) is 19.6. The normalized spacial score (nSPS) is 15.4. The van der Waals surface area contributed by atoms with Crippen LogP contribution in [-0.2, 0) is 11.2 Å². The lowest BCUT2D eigenvalue weighted by Gasteiger charge is -2.10.